The highest BCUT2D eigenvalue weighted by atomic mass is 16.5. The zero-order valence-electron chi connectivity index (χ0n) is 13.2. The Labute approximate surface area is 123 Å². The molecular formula is C17H28N2O. The van der Waals surface area contributed by atoms with Crippen LogP contribution in [0.1, 0.15) is 44.7 Å². The Morgan fingerprint density at radius 1 is 1.40 bits per heavy atom. The lowest BCUT2D eigenvalue weighted by atomic mass is 9.69. The Hall–Kier alpha value is -1.09. The molecule has 2 rings (SSSR count). The highest BCUT2D eigenvalue weighted by Gasteiger charge is 2.34. The highest BCUT2D eigenvalue weighted by molar-refractivity contribution is 5.31. The van der Waals surface area contributed by atoms with Crippen molar-refractivity contribution < 1.29 is 4.74 Å². The van der Waals surface area contributed by atoms with Crippen molar-refractivity contribution in [1.82, 2.24) is 10.3 Å². The zero-order chi connectivity index (χ0) is 14.5. The van der Waals surface area contributed by atoms with Crippen LogP contribution in [0.2, 0.25) is 0 Å². The van der Waals surface area contributed by atoms with Crippen molar-refractivity contribution in [2.75, 3.05) is 20.7 Å². The van der Waals surface area contributed by atoms with Gasteiger partial charge in [0.2, 0.25) is 0 Å². The van der Waals surface area contributed by atoms with E-state index >= 15 is 0 Å². The van der Waals surface area contributed by atoms with E-state index < -0.39 is 0 Å². The molecule has 1 fully saturated rings. The highest BCUT2D eigenvalue weighted by Crippen LogP contribution is 2.44. The van der Waals surface area contributed by atoms with Crippen LogP contribution in [0.25, 0.3) is 0 Å². The number of hydrogen-bond acceptors (Lipinski definition) is 3. The summed E-state index contributed by atoms with van der Waals surface area (Å²) in [7, 11) is 3.79. The Morgan fingerprint density at radius 3 is 2.85 bits per heavy atom. The van der Waals surface area contributed by atoms with Crippen molar-refractivity contribution in [2.45, 2.75) is 39.0 Å². The summed E-state index contributed by atoms with van der Waals surface area (Å²) in [5.74, 6) is 3.68. The fraction of sp³-hybridized carbons (Fsp3) is 0.706. The van der Waals surface area contributed by atoms with Gasteiger partial charge in [-0.1, -0.05) is 13.8 Å². The molecule has 0 aliphatic heterocycles. The van der Waals surface area contributed by atoms with Crippen LogP contribution in [-0.4, -0.2) is 25.7 Å². The molecule has 3 atom stereocenters. The summed E-state index contributed by atoms with van der Waals surface area (Å²) >= 11 is 0. The molecule has 0 amide bonds. The fourth-order valence-corrected chi connectivity index (χ4v) is 3.57. The molecule has 1 aliphatic carbocycles. The normalized spacial score (nSPS) is 26.8. The fourth-order valence-electron chi connectivity index (χ4n) is 3.57. The van der Waals surface area contributed by atoms with Crippen molar-refractivity contribution >= 4 is 0 Å². The number of methoxy groups -OCH3 is 1. The number of ether oxygens (including phenoxy) is 1. The van der Waals surface area contributed by atoms with E-state index in [1.54, 1.807) is 7.11 Å². The quantitative estimate of drug-likeness (QED) is 0.894. The van der Waals surface area contributed by atoms with E-state index in [-0.39, 0.29) is 0 Å². The van der Waals surface area contributed by atoms with Gasteiger partial charge < -0.3 is 10.1 Å². The Balaban J connectivity index is 2.26. The molecule has 3 heteroatoms. The Kier molecular flexibility index (Phi) is 5.41. The lowest BCUT2D eigenvalue weighted by molar-refractivity contribution is 0.187. The average molecular weight is 276 g/mol. The summed E-state index contributed by atoms with van der Waals surface area (Å²) in [4.78, 5) is 4.65. The van der Waals surface area contributed by atoms with Crippen LogP contribution in [0.3, 0.4) is 0 Å². The molecule has 3 nitrogen and oxygen atoms in total. The van der Waals surface area contributed by atoms with Gasteiger partial charge in [0, 0.05) is 12.1 Å². The summed E-state index contributed by atoms with van der Waals surface area (Å²) < 4.78 is 5.54. The van der Waals surface area contributed by atoms with Crippen molar-refractivity contribution in [3.8, 4) is 5.75 Å². The number of pyridine rings is 1. The van der Waals surface area contributed by atoms with E-state index in [2.05, 4.69) is 24.1 Å². The second-order valence-corrected chi connectivity index (χ2v) is 6.33. The standard InChI is InChI=1S/C17H28N2O/c1-12(2)13-7-8-14(11-18-3)15(10-13)17-16(20-4)6-5-9-19-17/h5-6,9,12-15,18H,7-8,10-11H2,1-4H3. The molecule has 0 saturated heterocycles. The third kappa shape index (κ3) is 3.32. The van der Waals surface area contributed by atoms with Gasteiger partial charge in [0.05, 0.1) is 12.8 Å². The maximum Gasteiger partial charge on any atom is 0.140 e. The summed E-state index contributed by atoms with van der Waals surface area (Å²) in [6.45, 7) is 5.75. The van der Waals surface area contributed by atoms with Crippen LogP contribution >= 0.6 is 0 Å². The molecule has 0 radical (unpaired) electrons. The molecule has 3 unspecified atom stereocenters. The van der Waals surface area contributed by atoms with Gasteiger partial charge in [-0.2, -0.15) is 0 Å². The maximum absolute atomic E-state index is 5.54. The van der Waals surface area contributed by atoms with E-state index in [1.165, 1.54) is 19.3 Å². The van der Waals surface area contributed by atoms with Gasteiger partial charge >= 0.3 is 0 Å². The van der Waals surface area contributed by atoms with Crippen LogP contribution < -0.4 is 10.1 Å². The molecule has 1 N–H and O–H groups in total. The van der Waals surface area contributed by atoms with Gasteiger partial charge in [0.15, 0.2) is 0 Å². The van der Waals surface area contributed by atoms with Crippen molar-refractivity contribution in [3.63, 3.8) is 0 Å². The second kappa shape index (κ2) is 7.07. The maximum atomic E-state index is 5.54. The van der Waals surface area contributed by atoms with Gasteiger partial charge in [-0.3, -0.25) is 4.98 Å². The summed E-state index contributed by atoms with van der Waals surface area (Å²) in [6.07, 6.45) is 5.76. The number of nitrogens with zero attached hydrogens (tertiary/aromatic N) is 1. The predicted molar refractivity (Wildman–Crippen MR) is 83.1 cm³/mol. The van der Waals surface area contributed by atoms with Gasteiger partial charge in [-0.05, 0) is 62.7 Å². The van der Waals surface area contributed by atoms with E-state index in [1.807, 2.05) is 25.4 Å². The first-order valence-corrected chi connectivity index (χ1v) is 7.80. The first-order chi connectivity index (χ1) is 9.67. The van der Waals surface area contributed by atoms with Crippen LogP contribution in [0.4, 0.5) is 0 Å². The second-order valence-electron chi connectivity index (χ2n) is 6.33. The number of nitrogens with one attached hydrogen (secondary N) is 1. The van der Waals surface area contributed by atoms with Crippen molar-refractivity contribution in [1.29, 1.82) is 0 Å². The average Bonchev–Trinajstić information content (AvgIpc) is 2.47. The SMILES string of the molecule is CNCC1CCC(C(C)C)CC1c1ncccc1OC. The van der Waals surface area contributed by atoms with Crippen LogP contribution in [0, 0.1) is 17.8 Å². The summed E-state index contributed by atoms with van der Waals surface area (Å²) in [5, 5.41) is 3.35. The molecule has 20 heavy (non-hydrogen) atoms. The first-order valence-electron chi connectivity index (χ1n) is 7.80. The van der Waals surface area contributed by atoms with Crippen LogP contribution in [-0.2, 0) is 0 Å². The molecule has 1 heterocycles. The van der Waals surface area contributed by atoms with Gasteiger partial charge in [0.1, 0.15) is 5.75 Å². The molecule has 1 saturated carbocycles. The minimum Gasteiger partial charge on any atom is -0.495 e. The predicted octanol–water partition coefficient (Wildman–Crippen LogP) is 3.47. The first kappa shape index (κ1) is 15.3. The number of hydrogen-bond donors (Lipinski definition) is 1. The third-order valence-electron chi connectivity index (χ3n) is 4.81. The molecule has 1 aromatic rings. The van der Waals surface area contributed by atoms with Crippen molar-refractivity contribution in [2.24, 2.45) is 17.8 Å². The van der Waals surface area contributed by atoms with Crippen molar-refractivity contribution in [3.05, 3.63) is 24.0 Å². The Morgan fingerprint density at radius 2 is 2.20 bits per heavy atom. The lowest BCUT2D eigenvalue weighted by Crippen LogP contribution is -2.32. The molecule has 112 valence electrons. The molecular weight excluding hydrogens is 248 g/mol. The van der Waals surface area contributed by atoms with E-state index in [4.69, 9.17) is 4.74 Å². The molecule has 1 aromatic heterocycles. The Bertz CT molecular complexity index is 419. The minimum absolute atomic E-state index is 0.514. The third-order valence-corrected chi connectivity index (χ3v) is 4.81. The topological polar surface area (TPSA) is 34.2 Å². The zero-order valence-corrected chi connectivity index (χ0v) is 13.2. The summed E-state index contributed by atoms with van der Waals surface area (Å²) in [6, 6.07) is 4.00. The van der Waals surface area contributed by atoms with E-state index in [9.17, 15) is 0 Å². The van der Waals surface area contributed by atoms with Gasteiger partial charge in [-0.25, -0.2) is 0 Å². The smallest absolute Gasteiger partial charge is 0.140 e. The monoisotopic (exact) mass is 276 g/mol. The van der Waals surface area contributed by atoms with Crippen LogP contribution in [0.15, 0.2) is 18.3 Å². The summed E-state index contributed by atoms with van der Waals surface area (Å²) in [5.41, 5.74) is 1.15. The molecule has 0 aromatic carbocycles. The van der Waals surface area contributed by atoms with Gasteiger partial charge in [-0.15, -0.1) is 0 Å². The minimum atomic E-state index is 0.514. The van der Waals surface area contributed by atoms with Gasteiger partial charge in [0.25, 0.3) is 0 Å². The number of aromatic nitrogens is 1. The van der Waals surface area contributed by atoms with E-state index in [0.29, 0.717) is 11.8 Å². The number of rotatable bonds is 5. The van der Waals surface area contributed by atoms with Crippen LogP contribution in [0.5, 0.6) is 5.75 Å². The molecule has 0 bridgehead atoms. The lowest BCUT2D eigenvalue weighted by Gasteiger charge is -2.38. The van der Waals surface area contributed by atoms with E-state index in [0.717, 1.165) is 29.8 Å². The largest absolute Gasteiger partial charge is 0.495 e. The molecule has 1 aliphatic rings. The molecule has 0 spiro atoms.